The molecule has 1 N–H and O–H groups in total. The van der Waals surface area contributed by atoms with Gasteiger partial charge in [0.15, 0.2) is 0 Å². The molecule has 2 heteroatoms. The van der Waals surface area contributed by atoms with Gasteiger partial charge in [0.1, 0.15) is 0 Å². The number of nitrogens with one attached hydrogen (secondary N) is 1. The molecule has 2 aliphatic rings. The third-order valence-electron chi connectivity index (χ3n) is 2.85. The maximum atomic E-state index is 3.96. The summed E-state index contributed by atoms with van der Waals surface area (Å²) in [5.74, 6) is 0. The van der Waals surface area contributed by atoms with Gasteiger partial charge in [0.05, 0.1) is 0 Å². The normalized spacial score (nSPS) is 41.7. The van der Waals surface area contributed by atoms with Crippen molar-refractivity contribution >= 4 is 0 Å². The Kier molecular flexibility index (Phi) is 1.46. The molecule has 0 radical (unpaired) electrons. The summed E-state index contributed by atoms with van der Waals surface area (Å²) in [7, 11) is 3.96. The lowest BCUT2D eigenvalue weighted by Crippen LogP contribution is -2.26. The average molecular weight is 139 g/mol. The van der Waals surface area contributed by atoms with Crippen molar-refractivity contribution in [1.29, 1.82) is 0 Å². The predicted octanol–water partition coefficient (Wildman–Crippen LogP) is 0.463. The SMILES string of the molecule is [CH2-]N1CCC2(CCNC2)C1. The Balaban J connectivity index is 2.03. The van der Waals surface area contributed by atoms with Crippen molar-refractivity contribution in [2.75, 3.05) is 26.2 Å². The minimum absolute atomic E-state index is 0.613. The molecule has 1 spiro atoms. The smallest absolute Gasteiger partial charge is 0.00201 e. The van der Waals surface area contributed by atoms with E-state index >= 15 is 0 Å². The predicted molar refractivity (Wildman–Crippen MR) is 41.5 cm³/mol. The Morgan fingerprint density at radius 2 is 2.30 bits per heavy atom. The monoisotopic (exact) mass is 139 g/mol. The molecule has 0 aromatic rings. The molecular formula is C8H15N2-. The van der Waals surface area contributed by atoms with Crippen LogP contribution in [0, 0.1) is 12.5 Å². The Hall–Kier alpha value is -0.0800. The molecule has 10 heavy (non-hydrogen) atoms. The lowest BCUT2D eigenvalue weighted by molar-refractivity contribution is 0.323. The lowest BCUT2D eigenvalue weighted by atomic mass is 9.87. The third kappa shape index (κ3) is 0.956. The van der Waals surface area contributed by atoms with Crippen LogP contribution in [0.1, 0.15) is 12.8 Å². The molecule has 0 saturated carbocycles. The van der Waals surface area contributed by atoms with E-state index in [1.165, 1.54) is 39.0 Å². The standard InChI is InChI=1S/C8H15N2/c1-10-5-3-8(7-10)2-4-9-6-8/h9H,1-7H2/q-1. The highest BCUT2D eigenvalue weighted by atomic mass is 15.1. The zero-order valence-electron chi connectivity index (χ0n) is 6.40. The van der Waals surface area contributed by atoms with E-state index in [0.29, 0.717) is 5.41 Å². The Morgan fingerprint density at radius 3 is 2.80 bits per heavy atom. The molecule has 58 valence electrons. The number of rotatable bonds is 0. The molecule has 1 unspecified atom stereocenters. The molecule has 2 nitrogen and oxygen atoms in total. The van der Waals surface area contributed by atoms with Crippen LogP contribution >= 0.6 is 0 Å². The molecule has 2 fully saturated rings. The zero-order chi connectivity index (χ0) is 7.03. The molecule has 0 bridgehead atoms. The molecule has 2 heterocycles. The van der Waals surface area contributed by atoms with Gasteiger partial charge in [-0.3, -0.25) is 7.05 Å². The summed E-state index contributed by atoms with van der Waals surface area (Å²) in [6.07, 6.45) is 2.71. The van der Waals surface area contributed by atoms with Gasteiger partial charge in [0, 0.05) is 6.54 Å². The second kappa shape index (κ2) is 2.21. The Labute approximate surface area is 62.6 Å². The largest absolute Gasteiger partial charge is 0.459 e. The van der Waals surface area contributed by atoms with Crippen molar-refractivity contribution in [1.82, 2.24) is 10.2 Å². The van der Waals surface area contributed by atoms with E-state index in [0.717, 1.165) is 0 Å². The van der Waals surface area contributed by atoms with Crippen molar-refractivity contribution in [3.8, 4) is 0 Å². The molecule has 2 saturated heterocycles. The summed E-state index contributed by atoms with van der Waals surface area (Å²) in [6, 6.07) is 0. The van der Waals surface area contributed by atoms with E-state index in [4.69, 9.17) is 0 Å². The first kappa shape index (κ1) is 6.62. The summed E-state index contributed by atoms with van der Waals surface area (Å²) in [6.45, 7) is 4.84. The zero-order valence-corrected chi connectivity index (χ0v) is 6.40. The van der Waals surface area contributed by atoms with Gasteiger partial charge in [0.2, 0.25) is 0 Å². The van der Waals surface area contributed by atoms with Gasteiger partial charge in [-0.15, -0.1) is 0 Å². The van der Waals surface area contributed by atoms with Crippen LogP contribution in [-0.4, -0.2) is 31.1 Å². The number of hydrogen-bond donors (Lipinski definition) is 1. The first-order valence-electron chi connectivity index (χ1n) is 4.07. The van der Waals surface area contributed by atoms with Crippen molar-refractivity contribution in [3.63, 3.8) is 0 Å². The second-order valence-electron chi connectivity index (χ2n) is 3.73. The summed E-state index contributed by atoms with van der Waals surface area (Å²) < 4.78 is 0. The summed E-state index contributed by atoms with van der Waals surface area (Å²) in [5, 5.41) is 3.42. The van der Waals surface area contributed by atoms with Gasteiger partial charge in [-0.05, 0) is 37.9 Å². The topological polar surface area (TPSA) is 15.3 Å². The molecule has 2 rings (SSSR count). The molecule has 0 aliphatic carbocycles. The van der Waals surface area contributed by atoms with Crippen LogP contribution in [0.25, 0.3) is 0 Å². The molecule has 1 atom stereocenters. The van der Waals surface area contributed by atoms with E-state index in [1.54, 1.807) is 0 Å². The van der Waals surface area contributed by atoms with Crippen LogP contribution in [0.3, 0.4) is 0 Å². The van der Waals surface area contributed by atoms with E-state index in [2.05, 4.69) is 17.3 Å². The van der Waals surface area contributed by atoms with Gasteiger partial charge in [-0.25, -0.2) is 0 Å². The molecule has 0 amide bonds. The first-order chi connectivity index (χ1) is 4.81. The van der Waals surface area contributed by atoms with Crippen molar-refractivity contribution in [2.45, 2.75) is 12.8 Å². The Bertz CT molecular complexity index is 127. The summed E-state index contributed by atoms with van der Waals surface area (Å²) in [4.78, 5) is 2.20. The van der Waals surface area contributed by atoms with Gasteiger partial charge >= 0.3 is 0 Å². The van der Waals surface area contributed by atoms with Crippen LogP contribution in [0.5, 0.6) is 0 Å². The minimum Gasteiger partial charge on any atom is -0.459 e. The van der Waals surface area contributed by atoms with E-state index < -0.39 is 0 Å². The number of likely N-dealkylation sites (tertiary alicyclic amines) is 1. The Morgan fingerprint density at radius 1 is 1.40 bits per heavy atom. The summed E-state index contributed by atoms with van der Waals surface area (Å²) >= 11 is 0. The maximum absolute atomic E-state index is 3.96. The van der Waals surface area contributed by atoms with Crippen molar-refractivity contribution in [2.24, 2.45) is 5.41 Å². The number of nitrogens with zero attached hydrogens (tertiary/aromatic N) is 1. The number of hydrogen-bond acceptors (Lipinski definition) is 2. The van der Waals surface area contributed by atoms with Crippen LogP contribution in [0.15, 0.2) is 0 Å². The highest BCUT2D eigenvalue weighted by Crippen LogP contribution is 2.35. The van der Waals surface area contributed by atoms with E-state index in [9.17, 15) is 0 Å². The molecule has 0 aromatic heterocycles. The fourth-order valence-electron chi connectivity index (χ4n) is 2.17. The van der Waals surface area contributed by atoms with Crippen molar-refractivity contribution in [3.05, 3.63) is 7.05 Å². The quantitative estimate of drug-likeness (QED) is 0.491. The van der Waals surface area contributed by atoms with Crippen LogP contribution in [0.4, 0.5) is 0 Å². The fraction of sp³-hybridized carbons (Fsp3) is 0.875. The second-order valence-corrected chi connectivity index (χ2v) is 3.73. The van der Waals surface area contributed by atoms with Gasteiger partial charge < -0.3 is 10.2 Å². The van der Waals surface area contributed by atoms with Crippen LogP contribution < -0.4 is 5.32 Å². The minimum atomic E-state index is 0.613. The average Bonchev–Trinajstić information content (AvgIpc) is 2.46. The summed E-state index contributed by atoms with van der Waals surface area (Å²) in [5.41, 5.74) is 0.613. The van der Waals surface area contributed by atoms with Crippen LogP contribution in [0.2, 0.25) is 0 Å². The van der Waals surface area contributed by atoms with Gasteiger partial charge in [-0.1, -0.05) is 0 Å². The van der Waals surface area contributed by atoms with Crippen LogP contribution in [-0.2, 0) is 0 Å². The third-order valence-corrected chi connectivity index (χ3v) is 2.85. The maximum Gasteiger partial charge on any atom is 0.00201 e. The van der Waals surface area contributed by atoms with Gasteiger partial charge in [-0.2, -0.15) is 0 Å². The highest BCUT2D eigenvalue weighted by molar-refractivity contribution is 4.95. The van der Waals surface area contributed by atoms with Gasteiger partial charge in [0.25, 0.3) is 0 Å². The van der Waals surface area contributed by atoms with E-state index in [-0.39, 0.29) is 0 Å². The molecule has 2 aliphatic heterocycles. The molecular weight excluding hydrogens is 124 g/mol. The van der Waals surface area contributed by atoms with E-state index in [1.807, 2.05) is 0 Å². The molecule has 0 aromatic carbocycles. The lowest BCUT2D eigenvalue weighted by Gasteiger charge is -2.24. The van der Waals surface area contributed by atoms with Crippen molar-refractivity contribution < 1.29 is 0 Å². The first-order valence-corrected chi connectivity index (χ1v) is 4.07. The fourth-order valence-corrected chi connectivity index (χ4v) is 2.17. The highest BCUT2D eigenvalue weighted by Gasteiger charge is 2.36.